The van der Waals surface area contributed by atoms with E-state index in [1.165, 1.54) is 4.57 Å². The highest BCUT2D eigenvalue weighted by molar-refractivity contribution is 5.41. The van der Waals surface area contributed by atoms with Crippen molar-refractivity contribution in [1.29, 1.82) is 0 Å². The van der Waals surface area contributed by atoms with Crippen molar-refractivity contribution in [2.75, 3.05) is 17.6 Å². The van der Waals surface area contributed by atoms with Crippen LogP contribution in [0.5, 0.6) is 0 Å². The molecule has 0 saturated heterocycles. The Kier molecular flexibility index (Phi) is 3.62. The van der Waals surface area contributed by atoms with Gasteiger partial charge in [-0.25, -0.2) is 4.98 Å². The molecule has 0 radical (unpaired) electrons. The lowest BCUT2D eigenvalue weighted by molar-refractivity contribution is 0.837. The van der Waals surface area contributed by atoms with E-state index in [9.17, 15) is 4.79 Å². The molecule has 2 aromatic rings. The lowest BCUT2D eigenvalue weighted by Crippen LogP contribution is -2.22. The fourth-order valence-corrected chi connectivity index (χ4v) is 1.69. The van der Waals surface area contributed by atoms with Gasteiger partial charge in [0.05, 0.1) is 0 Å². The number of hydrogen-bond donors (Lipinski definition) is 2. The summed E-state index contributed by atoms with van der Waals surface area (Å²) in [5.41, 5.74) is 7.46. The zero-order valence-corrected chi connectivity index (χ0v) is 10.3. The molecule has 0 saturated carbocycles. The van der Waals surface area contributed by atoms with E-state index in [-0.39, 0.29) is 5.56 Å². The van der Waals surface area contributed by atoms with E-state index in [2.05, 4.69) is 10.3 Å². The first-order chi connectivity index (χ1) is 8.66. The molecule has 0 fully saturated rings. The van der Waals surface area contributed by atoms with Crippen LogP contribution < -0.4 is 16.6 Å². The van der Waals surface area contributed by atoms with Crippen LogP contribution in [0.2, 0.25) is 0 Å². The zero-order chi connectivity index (χ0) is 13.0. The molecule has 0 amide bonds. The van der Waals surface area contributed by atoms with Crippen LogP contribution >= 0.6 is 0 Å². The minimum absolute atomic E-state index is 0.120. The maximum atomic E-state index is 11.7. The first kappa shape index (κ1) is 12.2. The Morgan fingerprint density at radius 1 is 1.44 bits per heavy atom. The van der Waals surface area contributed by atoms with Gasteiger partial charge >= 0.3 is 0 Å². The third kappa shape index (κ3) is 2.88. The highest BCUT2D eigenvalue weighted by Crippen LogP contribution is 2.07. The molecule has 3 N–H and O–H groups in total. The summed E-state index contributed by atoms with van der Waals surface area (Å²) in [6, 6.07) is 7.71. The van der Waals surface area contributed by atoms with E-state index >= 15 is 0 Å². The molecule has 5 nitrogen and oxygen atoms in total. The van der Waals surface area contributed by atoms with Crippen molar-refractivity contribution in [3.8, 4) is 0 Å². The molecule has 1 aromatic heterocycles. The number of benzene rings is 1. The second-order valence-corrected chi connectivity index (χ2v) is 4.11. The molecule has 1 aromatic carbocycles. The minimum atomic E-state index is -0.120. The summed E-state index contributed by atoms with van der Waals surface area (Å²) < 4.78 is 1.50. The monoisotopic (exact) mass is 244 g/mol. The zero-order valence-electron chi connectivity index (χ0n) is 10.3. The normalized spacial score (nSPS) is 10.3. The van der Waals surface area contributed by atoms with Crippen molar-refractivity contribution in [3.63, 3.8) is 0 Å². The highest BCUT2D eigenvalue weighted by atomic mass is 16.1. The third-order valence-corrected chi connectivity index (χ3v) is 2.67. The predicted octanol–water partition coefficient (Wildman–Crippen LogP) is 1.02. The van der Waals surface area contributed by atoms with Gasteiger partial charge in [0.1, 0.15) is 0 Å². The van der Waals surface area contributed by atoms with E-state index in [1.807, 2.05) is 24.3 Å². The van der Waals surface area contributed by atoms with Crippen LogP contribution in [0.25, 0.3) is 0 Å². The molecule has 2 rings (SSSR count). The summed E-state index contributed by atoms with van der Waals surface area (Å²) in [5.74, 6) is 0.379. The number of nitrogens with zero attached hydrogens (tertiary/aromatic N) is 2. The van der Waals surface area contributed by atoms with Gasteiger partial charge in [0, 0.05) is 31.7 Å². The maximum absolute atomic E-state index is 11.7. The maximum Gasteiger partial charge on any atom is 0.293 e. The van der Waals surface area contributed by atoms with Crippen LogP contribution in [0.1, 0.15) is 5.56 Å². The molecule has 94 valence electrons. The molecular weight excluding hydrogens is 228 g/mol. The van der Waals surface area contributed by atoms with Crippen LogP contribution in [0, 0.1) is 0 Å². The van der Waals surface area contributed by atoms with Crippen molar-refractivity contribution in [1.82, 2.24) is 9.55 Å². The largest absolute Gasteiger partial charge is 0.399 e. The van der Waals surface area contributed by atoms with Crippen molar-refractivity contribution >= 4 is 11.5 Å². The van der Waals surface area contributed by atoms with Crippen LogP contribution in [0.4, 0.5) is 11.5 Å². The molecule has 0 bridgehead atoms. The number of nitrogens with two attached hydrogens (primary N) is 1. The fraction of sp³-hybridized carbons (Fsp3) is 0.231. The van der Waals surface area contributed by atoms with Gasteiger partial charge in [0.2, 0.25) is 0 Å². The summed E-state index contributed by atoms with van der Waals surface area (Å²) in [4.78, 5) is 15.7. The second kappa shape index (κ2) is 5.35. The first-order valence-corrected chi connectivity index (χ1v) is 5.77. The molecule has 0 aliphatic heterocycles. The van der Waals surface area contributed by atoms with Gasteiger partial charge in [0.15, 0.2) is 5.82 Å². The van der Waals surface area contributed by atoms with Gasteiger partial charge in [-0.3, -0.25) is 4.79 Å². The molecule has 18 heavy (non-hydrogen) atoms. The molecule has 1 heterocycles. The lowest BCUT2D eigenvalue weighted by Gasteiger charge is -2.06. The van der Waals surface area contributed by atoms with E-state index in [0.29, 0.717) is 12.4 Å². The van der Waals surface area contributed by atoms with Crippen LogP contribution in [0.15, 0.2) is 41.5 Å². The number of aryl methyl sites for hydroxylation is 1. The number of anilines is 2. The van der Waals surface area contributed by atoms with E-state index in [0.717, 1.165) is 17.7 Å². The van der Waals surface area contributed by atoms with Gasteiger partial charge < -0.3 is 15.6 Å². The molecule has 5 heteroatoms. The van der Waals surface area contributed by atoms with Crippen molar-refractivity contribution in [2.45, 2.75) is 6.42 Å². The van der Waals surface area contributed by atoms with E-state index in [4.69, 9.17) is 5.73 Å². The quantitative estimate of drug-likeness (QED) is 0.787. The lowest BCUT2D eigenvalue weighted by atomic mass is 10.1. The Labute approximate surface area is 105 Å². The Balaban J connectivity index is 1.97. The van der Waals surface area contributed by atoms with Gasteiger partial charge in [-0.15, -0.1) is 0 Å². The van der Waals surface area contributed by atoms with Gasteiger partial charge in [0.25, 0.3) is 5.56 Å². The Hall–Kier alpha value is -2.30. The number of rotatable bonds is 4. The molecular formula is C13H16N4O. The Morgan fingerprint density at radius 3 is 3.06 bits per heavy atom. The van der Waals surface area contributed by atoms with Crippen LogP contribution in [-0.2, 0) is 13.5 Å². The van der Waals surface area contributed by atoms with Gasteiger partial charge in [-0.05, 0) is 24.1 Å². The van der Waals surface area contributed by atoms with Crippen molar-refractivity contribution in [3.05, 3.63) is 52.6 Å². The Morgan fingerprint density at radius 2 is 2.28 bits per heavy atom. The number of hydrogen-bond acceptors (Lipinski definition) is 4. The summed E-state index contributed by atoms with van der Waals surface area (Å²) in [6.07, 6.45) is 4.03. The summed E-state index contributed by atoms with van der Waals surface area (Å²) in [7, 11) is 1.70. The third-order valence-electron chi connectivity index (χ3n) is 2.67. The van der Waals surface area contributed by atoms with Crippen LogP contribution in [0.3, 0.4) is 0 Å². The molecule has 0 atom stereocenters. The second-order valence-electron chi connectivity index (χ2n) is 4.11. The SMILES string of the molecule is Cn1ccnc(NCCc2cccc(N)c2)c1=O. The number of aromatic nitrogens is 2. The van der Waals surface area contributed by atoms with E-state index < -0.39 is 0 Å². The van der Waals surface area contributed by atoms with Crippen LogP contribution in [-0.4, -0.2) is 16.1 Å². The average Bonchev–Trinajstić information content (AvgIpc) is 2.35. The molecule has 0 aliphatic carbocycles. The highest BCUT2D eigenvalue weighted by Gasteiger charge is 2.01. The topological polar surface area (TPSA) is 72.9 Å². The number of nitrogen functional groups attached to an aromatic ring is 1. The molecule has 0 unspecified atom stereocenters. The minimum Gasteiger partial charge on any atom is -0.399 e. The number of nitrogens with one attached hydrogen (secondary N) is 1. The average molecular weight is 244 g/mol. The molecule has 0 aliphatic rings. The van der Waals surface area contributed by atoms with Crippen molar-refractivity contribution in [2.24, 2.45) is 7.05 Å². The van der Waals surface area contributed by atoms with Crippen molar-refractivity contribution < 1.29 is 0 Å². The Bertz CT molecular complexity index is 592. The standard InChI is InChI=1S/C13H16N4O/c1-17-8-7-16-12(13(17)18)15-6-5-10-3-2-4-11(14)9-10/h2-4,7-9H,5-6,14H2,1H3,(H,15,16). The van der Waals surface area contributed by atoms with Gasteiger partial charge in [-0.1, -0.05) is 12.1 Å². The predicted molar refractivity (Wildman–Crippen MR) is 72.5 cm³/mol. The van der Waals surface area contributed by atoms with Gasteiger partial charge in [-0.2, -0.15) is 0 Å². The van der Waals surface area contributed by atoms with E-state index in [1.54, 1.807) is 19.4 Å². The summed E-state index contributed by atoms with van der Waals surface area (Å²) >= 11 is 0. The summed E-state index contributed by atoms with van der Waals surface area (Å²) in [6.45, 7) is 0.649. The molecule has 0 spiro atoms. The fourth-order valence-electron chi connectivity index (χ4n) is 1.69. The first-order valence-electron chi connectivity index (χ1n) is 5.77. The summed E-state index contributed by atoms with van der Waals surface area (Å²) in [5, 5.41) is 3.04. The smallest absolute Gasteiger partial charge is 0.293 e.